The molecule has 0 amide bonds. The van der Waals surface area contributed by atoms with E-state index >= 15 is 0 Å². The lowest BCUT2D eigenvalue weighted by atomic mass is 10.3. The van der Waals surface area contributed by atoms with Gasteiger partial charge in [0.15, 0.2) is 0 Å². The molecule has 0 N–H and O–H groups in total. The molecule has 0 atom stereocenters. The Bertz CT molecular complexity index is 463. The minimum absolute atomic E-state index is 0.263. The summed E-state index contributed by atoms with van der Waals surface area (Å²) in [5.74, 6) is 0. The Morgan fingerprint density at radius 3 is 2.43 bits per heavy atom. The molecular weight excluding hydrogens is 318 g/mol. The van der Waals surface area contributed by atoms with E-state index in [2.05, 4.69) is 9.98 Å². The predicted molar refractivity (Wildman–Crippen MR) is 59.7 cm³/mol. The van der Waals surface area contributed by atoms with Crippen LogP contribution in [0.1, 0.15) is 0 Å². The van der Waals surface area contributed by atoms with Gasteiger partial charge in [-0.3, -0.25) is 0 Å². The lowest BCUT2D eigenvalue weighted by Crippen LogP contribution is -1.77. The normalized spacial score (nSPS) is 8.71. The average Bonchev–Trinajstić information content (AvgIpc) is 2.17. The summed E-state index contributed by atoms with van der Waals surface area (Å²) in [6, 6.07) is 3.04. The Morgan fingerprint density at radius 2 is 1.86 bits per heavy atom. The van der Waals surface area contributed by atoms with Crippen molar-refractivity contribution in [3.05, 3.63) is 20.7 Å². The fourth-order valence-electron chi connectivity index (χ4n) is 0.814. The molecule has 6 heteroatoms. The van der Waals surface area contributed by atoms with Crippen LogP contribution in [-0.4, -0.2) is 12.2 Å². The molecule has 0 aromatic heterocycles. The van der Waals surface area contributed by atoms with Crippen molar-refractivity contribution in [2.24, 2.45) is 9.98 Å². The number of benzene rings is 1. The fraction of sp³-hybridized carbons (Fsp3) is 0. The zero-order valence-electron chi connectivity index (χ0n) is 6.62. The van der Waals surface area contributed by atoms with Crippen molar-refractivity contribution in [3.8, 4) is 0 Å². The molecule has 0 spiro atoms. The number of hydrogen-bond donors (Lipinski definition) is 0. The SMILES string of the molecule is O=C=Nc1ccc(Cl)c(N=C=O)c1I. The largest absolute Gasteiger partial charge is 0.240 e. The highest BCUT2D eigenvalue weighted by Crippen LogP contribution is 2.36. The van der Waals surface area contributed by atoms with Gasteiger partial charge in [0, 0.05) is 0 Å². The molecular formula is C8H2ClIN2O2. The molecule has 70 valence electrons. The van der Waals surface area contributed by atoms with Gasteiger partial charge < -0.3 is 0 Å². The second-order valence-electron chi connectivity index (χ2n) is 2.14. The second kappa shape index (κ2) is 5.02. The Hall–Kier alpha value is -1.00. The Kier molecular flexibility index (Phi) is 3.98. The summed E-state index contributed by atoms with van der Waals surface area (Å²) >= 11 is 7.65. The van der Waals surface area contributed by atoms with Gasteiger partial charge in [0.2, 0.25) is 12.2 Å². The molecule has 0 saturated heterocycles. The molecule has 0 heterocycles. The van der Waals surface area contributed by atoms with Crippen LogP contribution in [0.15, 0.2) is 22.1 Å². The molecule has 0 aliphatic heterocycles. The van der Waals surface area contributed by atoms with E-state index in [4.69, 9.17) is 11.6 Å². The first kappa shape index (κ1) is 11.1. The molecule has 0 unspecified atom stereocenters. The van der Waals surface area contributed by atoms with Gasteiger partial charge >= 0.3 is 0 Å². The molecule has 0 fully saturated rings. The van der Waals surface area contributed by atoms with Crippen LogP contribution in [0, 0.1) is 3.57 Å². The van der Waals surface area contributed by atoms with E-state index in [-0.39, 0.29) is 5.69 Å². The molecule has 1 rings (SSSR count). The van der Waals surface area contributed by atoms with Crippen LogP contribution in [-0.2, 0) is 9.59 Å². The van der Waals surface area contributed by atoms with Crippen molar-refractivity contribution >= 4 is 57.7 Å². The first-order chi connectivity index (χ1) is 6.70. The molecule has 0 bridgehead atoms. The Balaban J connectivity index is 3.47. The third-order valence-corrected chi connectivity index (χ3v) is 2.74. The average molecular weight is 320 g/mol. The maximum absolute atomic E-state index is 10.1. The standard InChI is InChI=1S/C8H2ClIN2O2/c9-5-1-2-6(11-3-13)7(10)8(5)12-4-14/h1-2H. The first-order valence-electron chi connectivity index (χ1n) is 3.34. The van der Waals surface area contributed by atoms with E-state index in [0.717, 1.165) is 0 Å². The minimum atomic E-state index is 0.263. The summed E-state index contributed by atoms with van der Waals surface area (Å²) < 4.78 is 0.516. The van der Waals surface area contributed by atoms with Gasteiger partial charge in [-0.25, -0.2) is 9.59 Å². The molecule has 0 aliphatic rings. The van der Waals surface area contributed by atoms with Crippen LogP contribution >= 0.6 is 34.2 Å². The van der Waals surface area contributed by atoms with Gasteiger partial charge in [-0.2, -0.15) is 9.98 Å². The van der Waals surface area contributed by atoms with Crippen molar-refractivity contribution in [1.29, 1.82) is 0 Å². The van der Waals surface area contributed by atoms with Crippen molar-refractivity contribution in [3.63, 3.8) is 0 Å². The minimum Gasteiger partial charge on any atom is -0.211 e. The summed E-state index contributed by atoms with van der Waals surface area (Å²) in [6.45, 7) is 0. The van der Waals surface area contributed by atoms with Crippen molar-refractivity contribution < 1.29 is 9.59 Å². The number of hydrogen-bond acceptors (Lipinski definition) is 4. The fourth-order valence-corrected chi connectivity index (χ4v) is 1.88. The lowest BCUT2D eigenvalue weighted by Gasteiger charge is -2.01. The smallest absolute Gasteiger partial charge is 0.211 e. The molecule has 0 saturated carbocycles. The van der Waals surface area contributed by atoms with Crippen molar-refractivity contribution in [2.45, 2.75) is 0 Å². The zero-order chi connectivity index (χ0) is 10.6. The van der Waals surface area contributed by atoms with Gasteiger partial charge in [-0.1, -0.05) is 11.6 Å². The number of nitrogens with zero attached hydrogens (tertiary/aromatic N) is 2. The molecule has 0 aliphatic carbocycles. The topological polar surface area (TPSA) is 58.9 Å². The van der Waals surface area contributed by atoms with Gasteiger partial charge in [-0.15, -0.1) is 0 Å². The molecule has 1 aromatic carbocycles. The van der Waals surface area contributed by atoms with Gasteiger partial charge in [0.25, 0.3) is 0 Å². The summed E-state index contributed by atoms with van der Waals surface area (Å²) in [4.78, 5) is 27.0. The van der Waals surface area contributed by atoms with E-state index in [0.29, 0.717) is 14.3 Å². The third kappa shape index (κ3) is 2.27. The number of rotatable bonds is 2. The van der Waals surface area contributed by atoms with Crippen LogP contribution in [0.3, 0.4) is 0 Å². The van der Waals surface area contributed by atoms with E-state index in [9.17, 15) is 9.59 Å². The van der Waals surface area contributed by atoms with E-state index in [1.165, 1.54) is 18.2 Å². The quantitative estimate of drug-likeness (QED) is 0.478. The van der Waals surface area contributed by atoms with E-state index < -0.39 is 0 Å². The number of aliphatic imine (C=N–C) groups is 2. The number of carbonyl (C=O) groups excluding carboxylic acids is 2. The van der Waals surface area contributed by atoms with Crippen LogP contribution in [0.2, 0.25) is 5.02 Å². The van der Waals surface area contributed by atoms with Gasteiger partial charge in [0.05, 0.1) is 14.3 Å². The predicted octanol–water partition coefficient (Wildman–Crippen LogP) is 2.88. The number of isocyanates is 2. The summed E-state index contributed by atoms with van der Waals surface area (Å²) in [6.07, 6.45) is 2.78. The maximum Gasteiger partial charge on any atom is 0.240 e. The highest BCUT2D eigenvalue weighted by Gasteiger charge is 2.08. The summed E-state index contributed by atoms with van der Waals surface area (Å²) in [7, 11) is 0. The third-order valence-electron chi connectivity index (χ3n) is 1.37. The van der Waals surface area contributed by atoms with Gasteiger partial charge in [-0.05, 0) is 34.7 Å². The van der Waals surface area contributed by atoms with Gasteiger partial charge in [0.1, 0.15) is 5.69 Å². The molecule has 0 radical (unpaired) electrons. The highest BCUT2D eigenvalue weighted by atomic mass is 127. The molecule has 14 heavy (non-hydrogen) atoms. The molecule has 1 aromatic rings. The summed E-state index contributed by atoms with van der Waals surface area (Å²) in [5, 5.41) is 0.308. The van der Waals surface area contributed by atoms with Crippen LogP contribution in [0.5, 0.6) is 0 Å². The van der Waals surface area contributed by atoms with E-state index in [1.807, 2.05) is 22.6 Å². The van der Waals surface area contributed by atoms with Crippen LogP contribution < -0.4 is 0 Å². The Labute approximate surface area is 97.8 Å². The van der Waals surface area contributed by atoms with Crippen LogP contribution in [0.25, 0.3) is 0 Å². The highest BCUT2D eigenvalue weighted by molar-refractivity contribution is 14.1. The Morgan fingerprint density at radius 1 is 1.21 bits per heavy atom. The zero-order valence-corrected chi connectivity index (χ0v) is 9.53. The van der Waals surface area contributed by atoms with Crippen molar-refractivity contribution in [2.75, 3.05) is 0 Å². The van der Waals surface area contributed by atoms with Crippen LogP contribution in [0.4, 0.5) is 11.4 Å². The summed E-state index contributed by atoms with van der Waals surface area (Å²) in [5.41, 5.74) is 0.637. The first-order valence-corrected chi connectivity index (χ1v) is 4.80. The monoisotopic (exact) mass is 320 g/mol. The van der Waals surface area contributed by atoms with Crippen molar-refractivity contribution in [1.82, 2.24) is 0 Å². The second-order valence-corrected chi connectivity index (χ2v) is 3.62. The molecule has 4 nitrogen and oxygen atoms in total. The maximum atomic E-state index is 10.1. The lowest BCUT2D eigenvalue weighted by molar-refractivity contribution is 0.565. The van der Waals surface area contributed by atoms with E-state index in [1.54, 1.807) is 6.07 Å². The number of halogens is 2.